The van der Waals surface area contributed by atoms with Gasteiger partial charge in [0, 0.05) is 12.6 Å². The van der Waals surface area contributed by atoms with Crippen LogP contribution < -0.4 is 11.1 Å². The molecule has 0 aliphatic heterocycles. The third-order valence-electron chi connectivity index (χ3n) is 2.65. The largest absolute Gasteiger partial charge is 0.401 e. The lowest BCUT2D eigenvalue weighted by molar-refractivity contribution is -0.147. The predicted octanol–water partition coefficient (Wildman–Crippen LogP) is 0.476. The topological polar surface area (TPSA) is 58.4 Å². The molecule has 0 aromatic rings. The van der Waals surface area contributed by atoms with Gasteiger partial charge in [0.2, 0.25) is 5.91 Å². The van der Waals surface area contributed by atoms with Crippen LogP contribution in [0.15, 0.2) is 0 Å². The summed E-state index contributed by atoms with van der Waals surface area (Å²) in [5.74, 6) is -0.600. The fraction of sp³-hybridized carbons (Fsp3) is 0.900. The second kappa shape index (κ2) is 5.68. The summed E-state index contributed by atoms with van der Waals surface area (Å²) in [6, 6.07) is -0.470. The number of primary amides is 1. The molecule has 4 nitrogen and oxygen atoms in total. The van der Waals surface area contributed by atoms with Gasteiger partial charge in [0.1, 0.15) is 0 Å². The molecule has 0 heterocycles. The minimum Gasteiger partial charge on any atom is -0.368 e. The van der Waals surface area contributed by atoms with Gasteiger partial charge < -0.3 is 11.1 Å². The Morgan fingerprint density at radius 3 is 2.47 bits per heavy atom. The molecule has 1 aliphatic carbocycles. The van der Waals surface area contributed by atoms with E-state index in [4.69, 9.17) is 5.73 Å². The smallest absolute Gasteiger partial charge is 0.368 e. The van der Waals surface area contributed by atoms with Crippen LogP contribution >= 0.6 is 0 Å². The number of carbonyl (C=O) groups is 1. The highest BCUT2D eigenvalue weighted by Gasteiger charge is 2.33. The van der Waals surface area contributed by atoms with E-state index >= 15 is 0 Å². The van der Waals surface area contributed by atoms with Gasteiger partial charge in [-0.15, -0.1) is 0 Å². The summed E-state index contributed by atoms with van der Waals surface area (Å²) in [7, 11) is 0. The number of alkyl halides is 3. The van der Waals surface area contributed by atoms with Gasteiger partial charge in [0.25, 0.3) is 0 Å². The van der Waals surface area contributed by atoms with E-state index in [1.165, 1.54) is 4.90 Å². The fourth-order valence-corrected chi connectivity index (χ4v) is 1.58. The molecule has 0 aromatic heterocycles. The number of nitrogens with one attached hydrogen (secondary N) is 1. The predicted molar refractivity (Wildman–Crippen MR) is 57.3 cm³/mol. The normalized spacial score (nSPS) is 18.4. The van der Waals surface area contributed by atoms with E-state index in [0.29, 0.717) is 0 Å². The average Bonchev–Trinajstić information content (AvgIpc) is 2.97. The van der Waals surface area contributed by atoms with Gasteiger partial charge in [0.15, 0.2) is 0 Å². The Labute approximate surface area is 98.3 Å². The third-order valence-corrected chi connectivity index (χ3v) is 2.65. The van der Waals surface area contributed by atoms with E-state index in [0.717, 1.165) is 12.8 Å². The van der Waals surface area contributed by atoms with Crippen molar-refractivity contribution in [3.63, 3.8) is 0 Å². The van der Waals surface area contributed by atoms with Gasteiger partial charge in [0.05, 0.1) is 12.6 Å². The maximum absolute atomic E-state index is 12.2. The number of nitrogens with zero attached hydrogens (tertiary/aromatic N) is 1. The number of carbonyl (C=O) groups excluding carboxylic acids is 1. The van der Waals surface area contributed by atoms with E-state index in [1.807, 2.05) is 0 Å². The van der Waals surface area contributed by atoms with E-state index in [1.54, 1.807) is 6.92 Å². The molecule has 0 spiro atoms. The Kier molecular flexibility index (Phi) is 4.76. The van der Waals surface area contributed by atoms with Gasteiger partial charge in [-0.3, -0.25) is 9.69 Å². The molecule has 1 saturated carbocycles. The van der Waals surface area contributed by atoms with E-state index in [-0.39, 0.29) is 19.1 Å². The number of rotatable bonds is 7. The summed E-state index contributed by atoms with van der Waals surface area (Å²) in [5, 5.41) is 2.96. The van der Waals surface area contributed by atoms with Crippen LogP contribution in [0.2, 0.25) is 0 Å². The van der Waals surface area contributed by atoms with Gasteiger partial charge >= 0.3 is 6.18 Å². The quantitative estimate of drug-likeness (QED) is 0.693. The molecule has 1 aliphatic rings. The second-order valence-electron chi connectivity index (χ2n) is 4.34. The number of amides is 1. The Morgan fingerprint density at radius 2 is 2.12 bits per heavy atom. The van der Waals surface area contributed by atoms with Gasteiger partial charge in [-0.2, -0.15) is 13.2 Å². The lowest BCUT2D eigenvalue weighted by atomic mass is 10.2. The summed E-state index contributed by atoms with van der Waals surface area (Å²) in [6.07, 6.45) is -2.35. The van der Waals surface area contributed by atoms with Crippen molar-refractivity contribution in [3.05, 3.63) is 0 Å². The lowest BCUT2D eigenvalue weighted by Gasteiger charge is -2.26. The van der Waals surface area contributed by atoms with Gasteiger partial charge in [-0.1, -0.05) is 6.92 Å². The molecule has 0 saturated heterocycles. The molecule has 0 aromatic carbocycles. The first-order chi connectivity index (χ1) is 7.81. The summed E-state index contributed by atoms with van der Waals surface area (Å²) in [5.41, 5.74) is 5.17. The molecule has 0 radical (unpaired) electrons. The first-order valence-corrected chi connectivity index (χ1v) is 5.66. The zero-order valence-corrected chi connectivity index (χ0v) is 9.76. The zero-order chi connectivity index (χ0) is 13.1. The third kappa shape index (κ3) is 5.88. The van der Waals surface area contributed by atoms with Gasteiger partial charge in [-0.05, 0) is 19.4 Å². The monoisotopic (exact) mass is 253 g/mol. The highest BCUT2D eigenvalue weighted by atomic mass is 19.4. The number of halogens is 3. The minimum atomic E-state index is -4.25. The molecule has 17 heavy (non-hydrogen) atoms. The zero-order valence-electron chi connectivity index (χ0n) is 9.76. The summed E-state index contributed by atoms with van der Waals surface area (Å²) >= 11 is 0. The fourth-order valence-electron chi connectivity index (χ4n) is 1.58. The standard InChI is InChI=1S/C10H18F3N3O/c1-2-16(6-10(11,12)13)5-8(9(14)17)15-7-3-4-7/h7-8,15H,2-6H2,1H3,(H2,14,17). The number of hydrogen-bond acceptors (Lipinski definition) is 3. The lowest BCUT2D eigenvalue weighted by Crippen LogP contribution is -2.51. The van der Waals surface area contributed by atoms with E-state index in [2.05, 4.69) is 5.32 Å². The molecule has 100 valence electrons. The SMILES string of the molecule is CCN(CC(NC1CC1)C(N)=O)CC(F)(F)F. The number of likely N-dealkylation sites (N-methyl/N-ethyl adjacent to an activating group) is 1. The van der Waals surface area contributed by atoms with Crippen molar-refractivity contribution in [1.82, 2.24) is 10.2 Å². The van der Waals surface area contributed by atoms with Crippen LogP contribution in [-0.4, -0.2) is 48.7 Å². The van der Waals surface area contributed by atoms with Crippen LogP contribution in [0.1, 0.15) is 19.8 Å². The first-order valence-electron chi connectivity index (χ1n) is 5.66. The summed E-state index contributed by atoms with van der Waals surface area (Å²) in [4.78, 5) is 12.3. The van der Waals surface area contributed by atoms with Crippen molar-refractivity contribution >= 4 is 5.91 Å². The van der Waals surface area contributed by atoms with Crippen LogP contribution in [0.3, 0.4) is 0 Å². The van der Waals surface area contributed by atoms with Crippen LogP contribution in [-0.2, 0) is 4.79 Å². The molecular weight excluding hydrogens is 235 g/mol. The summed E-state index contributed by atoms with van der Waals surface area (Å²) in [6.45, 7) is 0.845. The Hall–Kier alpha value is -0.820. The molecule has 1 atom stereocenters. The first kappa shape index (κ1) is 14.2. The minimum absolute atomic E-state index is 0.00183. The van der Waals surface area contributed by atoms with Crippen molar-refractivity contribution in [1.29, 1.82) is 0 Å². The Bertz CT molecular complexity index is 266. The number of hydrogen-bond donors (Lipinski definition) is 2. The number of nitrogens with two attached hydrogens (primary N) is 1. The highest BCUT2D eigenvalue weighted by molar-refractivity contribution is 5.80. The second-order valence-corrected chi connectivity index (χ2v) is 4.34. The molecule has 1 unspecified atom stereocenters. The maximum Gasteiger partial charge on any atom is 0.401 e. The van der Waals surface area contributed by atoms with Crippen molar-refractivity contribution in [2.75, 3.05) is 19.6 Å². The molecule has 1 amide bonds. The highest BCUT2D eigenvalue weighted by Crippen LogP contribution is 2.20. The van der Waals surface area contributed by atoms with Crippen LogP contribution in [0.5, 0.6) is 0 Å². The molecule has 1 fully saturated rings. The molecule has 3 N–H and O–H groups in total. The Morgan fingerprint density at radius 1 is 1.53 bits per heavy atom. The Balaban J connectivity index is 2.47. The van der Waals surface area contributed by atoms with Crippen LogP contribution in [0.25, 0.3) is 0 Å². The summed E-state index contributed by atoms with van der Waals surface area (Å²) < 4.78 is 36.7. The van der Waals surface area contributed by atoms with Crippen molar-refractivity contribution in [3.8, 4) is 0 Å². The maximum atomic E-state index is 12.2. The molecule has 7 heteroatoms. The van der Waals surface area contributed by atoms with E-state index < -0.39 is 24.7 Å². The van der Waals surface area contributed by atoms with Crippen molar-refractivity contribution in [2.24, 2.45) is 5.73 Å². The van der Waals surface area contributed by atoms with E-state index in [9.17, 15) is 18.0 Å². The van der Waals surface area contributed by atoms with Crippen molar-refractivity contribution in [2.45, 2.75) is 38.0 Å². The van der Waals surface area contributed by atoms with Crippen LogP contribution in [0.4, 0.5) is 13.2 Å². The van der Waals surface area contributed by atoms with Gasteiger partial charge in [-0.25, -0.2) is 0 Å². The molecule has 0 bridgehead atoms. The van der Waals surface area contributed by atoms with Crippen LogP contribution in [0, 0.1) is 0 Å². The van der Waals surface area contributed by atoms with Crippen molar-refractivity contribution < 1.29 is 18.0 Å². The average molecular weight is 253 g/mol. The molecule has 1 rings (SSSR count). The molecular formula is C10H18F3N3O.